The quantitative estimate of drug-likeness (QED) is 0.384. The number of rotatable bonds is 6. The number of aromatic amines is 1. The molecule has 4 nitrogen and oxygen atoms in total. The summed E-state index contributed by atoms with van der Waals surface area (Å²) in [5.41, 5.74) is 8.05. The second-order valence-corrected chi connectivity index (χ2v) is 7.81. The summed E-state index contributed by atoms with van der Waals surface area (Å²) in [7, 11) is 0. The Kier molecular flexibility index (Phi) is 6.11. The van der Waals surface area contributed by atoms with Crippen LogP contribution in [0.25, 0.3) is 10.9 Å². The molecule has 0 radical (unpaired) electrons. The zero-order valence-corrected chi connectivity index (χ0v) is 17.9. The van der Waals surface area contributed by atoms with Gasteiger partial charge in [-0.05, 0) is 73.1 Å². The summed E-state index contributed by atoms with van der Waals surface area (Å²) in [6, 6.07) is 19.2. The largest absolute Gasteiger partial charge is 0.387 e. The molecule has 0 aliphatic heterocycles. The third-order valence-corrected chi connectivity index (χ3v) is 5.89. The summed E-state index contributed by atoms with van der Waals surface area (Å²) in [6.07, 6.45) is 8.40. The third kappa shape index (κ3) is 4.09. The summed E-state index contributed by atoms with van der Waals surface area (Å²) in [5.74, 6) is 0. The van der Waals surface area contributed by atoms with Gasteiger partial charge in [-0.3, -0.25) is 4.98 Å². The zero-order valence-electron chi connectivity index (χ0n) is 16.9. The van der Waals surface area contributed by atoms with Gasteiger partial charge in [0.05, 0.1) is 11.8 Å². The highest BCUT2D eigenvalue weighted by Gasteiger charge is 2.24. The maximum absolute atomic E-state index is 10.0. The molecule has 1 aliphatic rings. The van der Waals surface area contributed by atoms with Crippen molar-refractivity contribution in [2.45, 2.75) is 38.2 Å². The van der Waals surface area contributed by atoms with E-state index in [1.54, 1.807) is 6.20 Å². The number of nitrogens with zero attached hydrogens (tertiary/aromatic N) is 1. The van der Waals surface area contributed by atoms with E-state index in [0.717, 1.165) is 54.7 Å². The van der Waals surface area contributed by atoms with Crippen LogP contribution >= 0.6 is 13.5 Å². The molecule has 0 bridgehead atoms. The van der Waals surface area contributed by atoms with Crippen LogP contribution in [0.3, 0.4) is 0 Å². The first kappa shape index (κ1) is 20.5. The summed E-state index contributed by atoms with van der Waals surface area (Å²) >= 11 is 0. The molecular formula is C25H27N3OS. The first-order valence-corrected chi connectivity index (χ1v) is 10.3. The Morgan fingerprint density at radius 2 is 1.87 bits per heavy atom. The van der Waals surface area contributed by atoms with Crippen molar-refractivity contribution >= 4 is 35.8 Å². The minimum atomic E-state index is -0.425. The first-order valence-electron chi connectivity index (χ1n) is 10.3. The number of benzene rings is 2. The number of hydrogen-bond acceptors (Lipinski definition) is 3. The normalized spacial score (nSPS) is 15.0. The standard InChI is InChI=1S/C25H25N3O.H2S/c29-24-13-12-21-23(14-15-26-25(21)24)28-19-10-8-17(9-11-19)4-3-5-18-16-27-22-7-2-1-6-20(18)22;/h1-2,6-11,14-16,24,27,29H,3-5,12-13H2,(H,26,28);1H2. The van der Waals surface area contributed by atoms with Gasteiger partial charge >= 0.3 is 0 Å². The monoisotopic (exact) mass is 417 g/mol. The lowest BCUT2D eigenvalue weighted by Crippen LogP contribution is -1.99. The van der Waals surface area contributed by atoms with E-state index in [1.807, 2.05) is 6.07 Å². The highest BCUT2D eigenvalue weighted by atomic mass is 32.1. The van der Waals surface area contributed by atoms with Gasteiger partial charge < -0.3 is 15.4 Å². The van der Waals surface area contributed by atoms with E-state index < -0.39 is 6.10 Å². The molecule has 3 N–H and O–H groups in total. The molecular weight excluding hydrogens is 390 g/mol. The Bertz CT molecular complexity index is 1140. The van der Waals surface area contributed by atoms with Crippen molar-refractivity contribution in [2.75, 3.05) is 5.32 Å². The fraction of sp³-hybridized carbons (Fsp3) is 0.240. The van der Waals surface area contributed by atoms with Crippen molar-refractivity contribution in [3.63, 3.8) is 0 Å². The molecule has 0 amide bonds. The molecule has 0 saturated carbocycles. The van der Waals surface area contributed by atoms with Crippen molar-refractivity contribution in [1.82, 2.24) is 9.97 Å². The maximum atomic E-state index is 10.0. The number of aliphatic hydroxyl groups excluding tert-OH is 1. The molecule has 154 valence electrons. The number of nitrogens with one attached hydrogen (secondary N) is 2. The second kappa shape index (κ2) is 8.94. The van der Waals surface area contributed by atoms with E-state index in [9.17, 15) is 5.11 Å². The Labute approximate surface area is 183 Å². The Balaban J connectivity index is 0.00000218. The highest BCUT2D eigenvalue weighted by molar-refractivity contribution is 7.59. The van der Waals surface area contributed by atoms with Crippen LogP contribution in [0.4, 0.5) is 11.4 Å². The van der Waals surface area contributed by atoms with Crippen LogP contribution < -0.4 is 5.32 Å². The average Bonchev–Trinajstić information content (AvgIpc) is 3.34. The second-order valence-electron chi connectivity index (χ2n) is 7.81. The van der Waals surface area contributed by atoms with Crippen LogP contribution in [0, 0.1) is 0 Å². The molecule has 2 aromatic carbocycles. The van der Waals surface area contributed by atoms with Crippen LogP contribution in [-0.4, -0.2) is 15.1 Å². The number of aryl methyl sites for hydroxylation is 2. The Morgan fingerprint density at radius 1 is 1.03 bits per heavy atom. The summed E-state index contributed by atoms with van der Waals surface area (Å²) in [4.78, 5) is 7.70. The predicted molar refractivity (Wildman–Crippen MR) is 128 cm³/mol. The van der Waals surface area contributed by atoms with E-state index in [-0.39, 0.29) is 13.5 Å². The van der Waals surface area contributed by atoms with E-state index in [1.165, 1.54) is 22.0 Å². The van der Waals surface area contributed by atoms with Crippen LogP contribution in [0.5, 0.6) is 0 Å². The van der Waals surface area contributed by atoms with Crippen molar-refractivity contribution in [3.05, 3.63) is 89.4 Å². The number of fused-ring (bicyclic) bond motifs is 2. The van der Waals surface area contributed by atoms with Crippen LogP contribution in [0.1, 0.15) is 41.3 Å². The maximum Gasteiger partial charge on any atom is 0.0966 e. The van der Waals surface area contributed by atoms with Gasteiger partial charge in [-0.15, -0.1) is 0 Å². The van der Waals surface area contributed by atoms with Gasteiger partial charge in [-0.1, -0.05) is 30.3 Å². The fourth-order valence-electron chi connectivity index (χ4n) is 4.33. The molecule has 30 heavy (non-hydrogen) atoms. The molecule has 4 aromatic rings. The van der Waals surface area contributed by atoms with Gasteiger partial charge in [-0.25, -0.2) is 0 Å². The van der Waals surface area contributed by atoms with Crippen LogP contribution in [0.15, 0.2) is 67.0 Å². The summed E-state index contributed by atoms with van der Waals surface area (Å²) in [5, 5.41) is 14.9. The molecule has 2 aromatic heterocycles. The van der Waals surface area contributed by atoms with Crippen molar-refractivity contribution < 1.29 is 5.11 Å². The molecule has 1 unspecified atom stereocenters. The van der Waals surface area contributed by atoms with Crippen LogP contribution in [0.2, 0.25) is 0 Å². The minimum Gasteiger partial charge on any atom is -0.387 e. The van der Waals surface area contributed by atoms with Crippen molar-refractivity contribution in [2.24, 2.45) is 0 Å². The zero-order chi connectivity index (χ0) is 19.6. The lowest BCUT2D eigenvalue weighted by Gasteiger charge is -2.12. The van der Waals surface area contributed by atoms with Gasteiger partial charge in [0.2, 0.25) is 0 Å². The van der Waals surface area contributed by atoms with E-state index >= 15 is 0 Å². The van der Waals surface area contributed by atoms with E-state index in [2.05, 4.69) is 70.0 Å². The predicted octanol–water partition coefficient (Wildman–Crippen LogP) is 5.57. The highest BCUT2D eigenvalue weighted by Crippen LogP contribution is 2.35. The summed E-state index contributed by atoms with van der Waals surface area (Å²) in [6.45, 7) is 0. The van der Waals surface area contributed by atoms with E-state index in [4.69, 9.17) is 0 Å². The van der Waals surface area contributed by atoms with Crippen molar-refractivity contribution in [1.29, 1.82) is 0 Å². The number of aromatic nitrogens is 2. The number of H-pyrrole nitrogens is 1. The van der Waals surface area contributed by atoms with E-state index in [0.29, 0.717) is 0 Å². The molecule has 2 heterocycles. The Morgan fingerprint density at radius 3 is 2.73 bits per heavy atom. The number of hydrogen-bond donors (Lipinski definition) is 3. The molecule has 5 rings (SSSR count). The SMILES string of the molecule is OC1CCc2c(Nc3ccc(CCCc4c[nH]c5ccccc45)cc3)ccnc21.S. The molecule has 1 aliphatic carbocycles. The van der Waals surface area contributed by atoms with Gasteiger partial charge in [0.15, 0.2) is 0 Å². The third-order valence-electron chi connectivity index (χ3n) is 5.89. The molecule has 1 atom stereocenters. The first-order chi connectivity index (χ1) is 14.3. The Hall–Kier alpha value is -2.76. The molecule has 5 heteroatoms. The molecule has 0 spiro atoms. The number of anilines is 2. The number of pyridine rings is 1. The van der Waals surface area contributed by atoms with Crippen LogP contribution in [-0.2, 0) is 19.3 Å². The van der Waals surface area contributed by atoms with Crippen molar-refractivity contribution in [3.8, 4) is 0 Å². The molecule has 0 fully saturated rings. The average molecular weight is 418 g/mol. The topological polar surface area (TPSA) is 60.9 Å². The fourth-order valence-corrected chi connectivity index (χ4v) is 4.33. The molecule has 0 saturated heterocycles. The minimum absolute atomic E-state index is 0. The van der Waals surface area contributed by atoms with Gasteiger partial charge in [0.25, 0.3) is 0 Å². The number of para-hydroxylation sites is 1. The smallest absolute Gasteiger partial charge is 0.0966 e. The lowest BCUT2D eigenvalue weighted by molar-refractivity contribution is 0.176. The lowest BCUT2D eigenvalue weighted by atomic mass is 10.0. The summed E-state index contributed by atoms with van der Waals surface area (Å²) < 4.78 is 0. The number of aliphatic hydroxyl groups is 1. The van der Waals surface area contributed by atoms with Gasteiger partial charge in [-0.2, -0.15) is 13.5 Å². The van der Waals surface area contributed by atoms with Gasteiger partial charge in [0.1, 0.15) is 0 Å². The van der Waals surface area contributed by atoms with Gasteiger partial charge in [0, 0.05) is 34.7 Å².